The third kappa shape index (κ3) is 25.5. The Morgan fingerprint density at radius 1 is 0.552 bits per heavy atom. The summed E-state index contributed by atoms with van der Waals surface area (Å²) in [6.45, 7) is 17.7. The highest BCUT2D eigenvalue weighted by Crippen LogP contribution is 2.40. The smallest absolute Gasteiger partial charge is 0.325 e. The zero-order chi connectivity index (χ0) is 43.5. The van der Waals surface area contributed by atoms with Crippen LogP contribution in [0.5, 0.6) is 5.75 Å². The Morgan fingerprint density at radius 3 is 1.12 bits per heavy atom. The molecule has 1 rings (SSSR count). The normalized spacial score (nSPS) is 12.7. The van der Waals surface area contributed by atoms with Gasteiger partial charge in [0.25, 0.3) is 10.1 Å². The summed E-state index contributed by atoms with van der Waals surface area (Å²) in [5.74, 6) is -2.92. The maximum Gasteiger partial charge on any atom is 0.325 e. The van der Waals surface area contributed by atoms with Crippen LogP contribution in [-0.4, -0.2) is 165 Å². The lowest BCUT2D eigenvalue weighted by Gasteiger charge is -2.28. The van der Waals surface area contributed by atoms with Gasteiger partial charge in [0.2, 0.25) is 0 Å². The zero-order valence-corrected chi connectivity index (χ0v) is 35.8. The molecule has 0 spiro atoms. The number of carboxylic acids is 1. The summed E-state index contributed by atoms with van der Waals surface area (Å²) < 4.78 is 84.0. The van der Waals surface area contributed by atoms with Crippen molar-refractivity contribution >= 4 is 28.0 Å². The molecule has 0 bridgehead atoms. The van der Waals surface area contributed by atoms with Crippen LogP contribution in [0.15, 0.2) is 12.1 Å². The number of hydrogen-bond acceptors (Lipinski definition) is 16. The summed E-state index contributed by atoms with van der Waals surface area (Å²) >= 11 is 0. The fourth-order valence-electron chi connectivity index (χ4n) is 4.90. The number of aromatic hydroxyl groups is 1. The molecule has 1 aromatic carbocycles. The summed E-state index contributed by atoms with van der Waals surface area (Å²) in [4.78, 5) is 34.7. The molecular formula is C39H66O18S. The second-order valence-electron chi connectivity index (χ2n) is 14.9. The van der Waals surface area contributed by atoms with Gasteiger partial charge in [-0.15, -0.1) is 0 Å². The Kier molecular flexibility index (Phi) is 26.8. The Balaban J connectivity index is 1.87. The van der Waals surface area contributed by atoms with Gasteiger partial charge in [-0.1, -0.05) is 53.7 Å². The number of hydrogen-bond donors (Lipinski definition) is 3. The number of carbonyl (C=O) groups excluding carboxylic acids is 2. The molecule has 0 aliphatic carbocycles. The van der Waals surface area contributed by atoms with Crippen LogP contribution in [0.25, 0.3) is 0 Å². The van der Waals surface area contributed by atoms with Crippen molar-refractivity contribution in [2.45, 2.75) is 76.9 Å². The molecular weight excluding hydrogens is 788 g/mol. The Morgan fingerprint density at radius 2 is 0.845 bits per heavy atom. The summed E-state index contributed by atoms with van der Waals surface area (Å²) in [6, 6.07) is 3.97. The van der Waals surface area contributed by atoms with E-state index in [-0.39, 0.29) is 62.9 Å². The van der Waals surface area contributed by atoms with Crippen LogP contribution >= 0.6 is 0 Å². The van der Waals surface area contributed by atoms with E-state index in [1.54, 1.807) is 0 Å². The van der Waals surface area contributed by atoms with Crippen molar-refractivity contribution in [3.8, 4) is 5.75 Å². The number of ether oxygens (including phenoxy) is 10. The molecule has 3 N–H and O–H groups in total. The zero-order valence-electron chi connectivity index (χ0n) is 35.0. The first kappa shape index (κ1) is 53.0. The Labute approximate surface area is 342 Å². The van der Waals surface area contributed by atoms with Crippen molar-refractivity contribution in [3.63, 3.8) is 0 Å². The van der Waals surface area contributed by atoms with Crippen molar-refractivity contribution < 1.29 is 84.9 Å². The molecule has 0 radical (unpaired) electrons. The van der Waals surface area contributed by atoms with Gasteiger partial charge in [-0.05, 0) is 33.9 Å². The van der Waals surface area contributed by atoms with Crippen LogP contribution in [0, 0.1) is 0 Å². The SMILES string of the molecule is CC(C)(C)c1cc(CCC(=O)OCCOCCOCCOCCOCCOCCOCCOCCOCCOC(=O)CC(C(=O)O)S(=O)(=O)O)cc(C(C)(C)C)c1O. The van der Waals surface area contributed by atoms with Gasteiger partial charge in [0.05, 0.1) is 112 Å². The first-order valence-corrected chi connectivity index (χ1v) is 20.8. The van der Waals surface area contributed by atoms with Crippen molar-refractivity contribution in [2.24, 2.45) is 0 Å². The summed E-state index contributed by atoms with van der Waals surface area (Å²) in [6.07, 6.45) is -0.254. The standard InChI is InChI=1S/C39H66O18S/c1-38(2,3)31-27-30(28-32(36(31)42)39(4,5)6)7-8-34(40)56-25-23-54-21-19-52-17-15-50-13-11-48-9-10-49-12-14-51-16-18-53-20-22-55-24-26-57-35(41)29-33(37(43)44)58(45,46)47/h27-28,33,42H,7-26,29H2,1-6H3,(H,43,44)(H,45,46,47). The Bertz CT molecular complexity index is 1390. The number of carboxylic acid groups (broad SMARTS) is 1. The molecule has 0 aromatic heterocycles. The maximum atomic E-state index is 12.3. The molecule has 19 heteroatoms. The van der Waals surface area contributed by atoms with Gasteiger partial charge in [0.1, 0.15) is 19.0 Å². The molecule has 0 heterocycles. The monoisotopic (exact) mass is 854 g/mol. The van der Waals surface area contributed by atoms with E-state index in [2.05, 4.69) is 41.5 Å². The lowest BCUT2D eigenvalue weighted by molar-refractivity contribution is -0.148. The molecule has 1 atom stereocenters. The van der Waals surface area contributed by atoms with Gasteiger partial charge in [-0.2, -0.15) is 8.42 Å². The van der Waals surface area contributed by atoms with Gasteiger partial charge >= 0.3 is 17.9 Å². The first-order chi connectivity index (χ1) is 27.3. The van der Waals surface area contributed by atoms with Crippen LogP contribution in [0.4, 0.5) is 0 Å². The molecule has 18 nitrogen and oxygen atoms in total. The van der Waals surface area contributed by atoms with Crippen LogP contribution < -0.4 is 0 Å². The molecule has 336 valence electrons. The number of benzene rings is 1. The van der Waals surface area contributed by atoms with E-state index in [0.717, 1.165) is 16.7 Å². The highest BCUT2D eigenvalue weighted by Gasteiger charge is 2.34. The second-order valence-corrected chi connectivity index (χ2v) is 16.5. The number of rotatable bonds is 34. The topological polar surface area (TPSA) is 238 Å². The fraction of sp³-hybridized carbons (Fsp3) is 0.769. The lowest BCUT2D eigenvalue weighted by Crippen LogP contribution is -2.32. The number of esters is 2. The number of aryl methyl sites for hydroxylation is 1. The number of phenolic OH excluding ortho intramolecular Hbond substituents is 1. The van der Waals surface area contributed by atoms with Crippen LogP contribution in [0.2, 0.25) is 0 Å². The van der Waals surface area contributed by atoms with Gasteiger partial charge < -0.3 is 57.6 Å². The summed E-state index contributed by atoms with van der Waals surface area (Å²) in [5, 5.41) is 17.4. The molecule has 58 heavy (non-hydrogen) atoms. The van der Waals surface area contributed by atoms with E-state index >= 15 is 0 Å². The van der Waals surface area contributed by atoms with Gasteiger partial charge in [0, 0.05) is 6.42 Å². The average Bonchev–Trinajstić information content (AvgIpc) is 3.12. The molecule has 0 saturated heterocycles. The molecule has 1 aromatic rings. The average molecular weight is 855 g/mol. The largest absolute Gasteiger partial charge is 0.507 e. The highest BCUT2D eigenvalue weighted by molar-refractivity contribution is 7.87. The van der Waals surface area contributed by atoms with Gasteiger partial charge in [-0.25, -0.2) is 0 Å². The number of carbonyl (C=O) groups is 3. The van der Waals surface area contributed by atoms with E-state index < -0.39 is 33.7 Å². The highest BCUT2D eigenvalue weighted by atomic mass is 32.2. The minimum absolute atomic E-state index is 0.00956. The third-order valence-electron chi connectivity index (χ3n) is 7.98. The lowest BCUT2D eigenvalue weighted by atomic mass is 9.78. The first-order valence-electron chi connectivity index (χ1n) is 19.3. The molecule has 0 saturated carbocycles. The molecule has 0 aliphatic rings. The quantitative estimate of drug-likeness (QED) is 0.0513. The molecule has 0 aliphatic heterocycles. The summed E-state index contributed by atoms with van der Waals surface area (Å²) in [7, 11) is -4.93. The minimum atomic E-state index is -4.93. The number of aliphatic carboxylic acids is 1. The van der Waals surface area contributed by atoms with E-state index in [1.165, 1.54) is 0 Å². The van der Waals surface area contributed by atoms with Crippen LogP contribution in [-0.2, 0) is 89.1 Å². The predicted octanol–water partition coefficient (Wildman–Crippen LogP) is 2.87. The van der Waals surface area contributed by atoms with E-state index in [9.17, 15) is 27.9 Å². The van der Waals surface area contributed by atoms with Crippen molar-refractivity contribution in [1.29, 1.82) is 0 Å². The van der Waals surface area contributed by atoms with Crippen molar-refractivity contribution in [2.75, 3.05) is 119 Å². The third-order valence-corrected chi connectivity index (χ3v) is 9.06. The van der Waals surface area contributed by atoms with Crippen molar-refractivity contribution in [3.05, 3.63) is 28.8 Å². The second kappa shape index (κ2) is 29.3. The van der Waals surface area contributed by atoms with Gasteiger partial charge in [-0.3, -0.25) is 18.9 Å². The van der Waals surface area contributed by atoms with Gasteiger partial charge in [0.15, 0.2) is 5.25 Å². The van der Waals surface area contributed by atoms with E-state index in [4.69, 9.17) is 57.0 Å². The molecule has 1 unspecified atom stereocenters. The Hall–Kier alpha value is -2.98. The number of phenols is 1. The summed E-state index contributed by atoms with van der Waals surface area (Å²) in [5.41, 5.74) is 2.27. The maximum absolute atomic E-state index is 12.3. The molecule has 0 amide bonds. The predicted molar refractivity (Wildman–Crippen MR) is 210 cm³/mol. The van der Waals surface area contributed by atoms with Crippen LogP contribution in [0.1, 0.15) is 71.1 Å². The van der Waals surface area contributed by atoms with Crippen molar-refractivity contribution in [1.82, 2.24) is 0 Å². The molecule has 0 fully saturated rings. The fourth-order valence-corrected chi connectivity index (χ4v) is 5.50. The van der Waals surface area contributed by atoms with E-state index in [0.29, 0.717) is 91.5 Å². The van der Waals surface area contributed by atoms with E-state index in [1.807, 2.05) is 12.1 Å². The van der Waals surface area contributed by atoms with Crippen LogP contribution in [0.3, 0.4) is 0 Å². The minimum Gasteiger partial charge on any atom is -0.507 e.